The van der Waals surface area contributed by atoms with E-state index in [1.165, 1.54) is 42.5 Å². The molecule has 0 saturated heterocycles. The highest BCUT2D eigenvalue weighted by molar-refractivity contribution is 5.79. The molecule has 0 aliphatic heterocycles. The summed E-state index contributed by atoms with van der Waals surface area (Å²) in [5.41, 5.74) is 1.71. The smallest absolute Gasteiger partial charge is 0.123 e. The lowest BCUT2D eigenvalue weighted by Gasteiger charge is -2.34. The summed E-state index contributed by atoms with van der Waals surface area (Å²) in [6.07, 6.45) is 0. The maximum Gasteiger partial charge on any atom is 0.123 e. The zero-order valence-electron chi connectivity index (χ0n) is 20.5. The molecule has 0 radical (unpaired) electrons. The van der Waals surface area contributed by atoms with Crippen molar-refractivity contribution in [3.8, 4) is 56.8 Å². The summed E-state index contributed by atoms with van der Waals surface area (Å²) >= 11 is 0. The van der Waals surface area contributed by atoms with Gasteiger partial charge >= 0.3 is 0 Å². The normalized spacial score (nSPS) is 11.4. The SMILES string of the molecule is CC(c1ccc(O)c(-c2ccccc2O)c1)(c1ccc(O)c(-c2ccccc2O)c1)c1c(O)cccc1O. The molecule has 0 fully saturated rings. The molecule has 6 N–H and O–H groups in total. The highest BCUT2D eigenvalue weighted by Crippen LogP contribution is 2.50. The van der Waals surface area contributed by atoms with Crippen molar-refractivity contribution in [3.05, 3.63) is 120 Å². The summed E-state index contributed by atoms with van der Waals surface area (Å²) in [6, 6.07) is 27.5. The molecule has 5 aromatic rings. The van der Waals surface area contributed by atoms with E-state index in [-0.39, 0.29) is 40.1 Å². The lowest BCUT2D eigenvalue weighted by molar-refractivity contribution is 0.423. The fourth-order valence-corrected chi connectivity index (χ4v) is 5.02. The Hall–Kier alpha value is -5.10. The summed E-state index contributed by atoms with van der Waals surface area (Å²) in [5, 5.41) is 64.4. The maximum atomic E-state index is 11.0. The summed E-state index contributed by atoms with van der Waals surface area (Å²) in [7, 11) is 0. The van der Waals surface area contributed by atoms with Gasteiger partial charge in [0.1, 0.15) is 34.5 Å². The minimum Gasteiger partial charge on any atom is -0.507 e. The lowest BCUT2D eigenvalue weighted by atomic mass is 9.69. The number of rotatable bonds is 5. The van der Waals surface area contributed by atoms with E-state index in [0.29, 0.717) is 33.4 Å². The zero-order chi connectivity index (χ0) is 27.0. The van der Waals surface area contributed by atoms with Crippen molar-refractivity contribution in [1.29, 1.82) is 0 Å². The van der Waals surface area contributed by atoms with Gasteiger partial charge in [0.15, 0.2) is 0 Å². The molecular formula is C32H26O6. The van der Waals surface area contributed by atoms with E-state index >= 15 is 0 Å². The fraction of sp³-hybridized carbons (Fsp3) is 0.0625. The fourth-order valence-electron chi connectivity index (χ4n) is 5.02. The summed E-state index contributed by atoms with van der Waals surface area (Å²) in [4.78, 5) is 0. The molecule has 0 saturated carbocycles. The number of aromatic hydroxyl groups is 6. The van der Waals surface area contributed by atoms with Crippen LogP contribution in [0, 0.1) is 0 Å². The average Bonchev–Trinajstić information content (AvgIpc) is 2.90. The predicted octanol–water partition coefficient (Wildman–Crippen LogP) is 6.61. The molecule has 38 heavy (non-hydrogen) atoms. The average molecular weight is 507 g/mol. The molecule has 190 valence electrons. The molecule has 5 aromatic carbocycles. The number of hydrogen-bond donors (Lipinski definition) is 6. The van der Waals surface area contributed by atoms with Crippen LogP contribution in [0.5, 0.6) is 34.5 Å². The monoisotopic (exact) mass is 506 g/mol. The largest absolute Gasteiger partial charge is 0.507 e. The van der Waals surface area contributed by atoms with E-state index in [9.17, 15) is 30.6 Å². The van der Waals surface area contributed by atoms with E-state index in [1.54, 1.807) is 60.7 Å². The summed E-state index contributed by atoms with van der Waals surface area (Å²) in [6.45, 7) is 1.81. The third kappa shape index (κ3) is 4.02. The Labute approximate surface area is 219 Å². The van der Waals surface area contributed by atoms with Gasteiger partial charge in [-0.3, -0.25) is 0 Å². The van der Waals surface area contributed by atoms with Gasteiger partial charge in [0.2, 0.25) is 0 Å². The number of hydrogen-bond acceptors (Lipinski definition) is 6. The Morgan fingerprint density at radius 2 is 0.763 bits per heavy atom. The van der Waals surface area contributed by atoms with E-state index < -0.39 is 5.41 Å². The minimum absolute atomic E-state index is 0.0152. The van der Waals surface area contributed by atoms with Crippen LogP contribution in [0.25, 0.3) is 22.3 Å². The van der Waals surface area contributed by atoms with Crippen molar-refractivity contribution in [1.82, 2.24) is 0 Å². The van der Waals surface area contributed by atoms with Crippen LogP contribution in [-0.2, 0) is 5.41 Å². The predicted molar refractivity (Wildman–Crippen MR) is 146 cm³/mol. The maximum absolute atomic E-state index is 11.0. The molecule has 5 rings (SSSR count). The number of benzene rings is 5. The lowest BCUT2D eigenvalue weighted by Crippen LogP contribution is -2.26. The summed E-state index contributed by atoms with van der Waals surface area (Å²) < 4.78 is 0. The van der Waals surface area contributed by atoms with Crippen LogP contribution < -0.4 is 0 Å². The van der Waals surface area contributed by atoms with E-state index in [4.69, 9.17) is 0 Å². The first kappa shape index (κ1) is 24.6. The Balaban J connectivity index is 1.82. The quantitative estimate of drug-likeness (QED) is 0.149. The molecule has 0 aromatic heterocycles. The standard InChI is InChI=1S/C32H26O6/c1-32(31-29(37)11-6-12-30(31)38,19-13-15-27(35)23(17-19)21-7-2-4-9-25(21)33)20-14-16-28(36)24(18-20)22-8-3-5-10-26(22)34/h2-18,33-38H,1H3. The van der Waals surface area contributed by atoms with Crippen LogP contribution in [0.1, 0.15) is 23.6 Å². The van der Waals surface area contributed by atoms with Gasteiger partial charge in [-0.25, -0.2) is 0 Å². The van der Waals surface area contributed by atoms with Gasteiger partial charge in [-0.1, -0.05) is 54.6 Å². The molecule has 0 heterocycles. The van der Waals surface area contributed by atoms with Crippen molar-refractivity contribution in [2.24, 2.45) is 0 Å². The Kier molecular flexibility index (Phi) is 6.09. The van der Waals surface area contributed by atoms with Crippen LogP contribution in [0.2, 0.25) is 0 Å². The van der Waals surface area contributed by atoms with Crippen molar-refractivity contribution in [2.45, 2.75) is 12.3 Å². The van der Waals surface area contributed by atoms with Crippen molar-refractivity contribution < 1.29 is 30.6 Å². The number of phenolic OH excluding ortho intramolecular Hbond substituents is 6. The van der Waals surface area contributed by atoms with Crippen molar-refractivity contribution in [3.63, 3.8) is 0 Å². The Morgan fingerprint density at radius 3 is 1.18 bits per heavy atom. The van der Waals surface area contributed by atoms with Gasteiger partial charge in [0.25, 0.3) is 0 Å². The first-order chi connectivity index (χ1) is 18.2. The van der Waals surface area contributed by atoms with Crippen LogP contribution in [-0.4, -0.2) is 30.6 Å². The molecule has 6 heteroatoms. The Morgan fingerprint density at radius 1 is 0.395 bits per heavy atom. The van der Waals surface area contributed by atoms with Crippen LogP contribution in [0.4, 0.5) is 0 Å². The molecule has 0 aliphatic rings. The second kappa shape index (κ2) is 9.41. The zero-order valence-corrected chi connectivity index (χ0v) is 20.5. The molecule has 0 aliphatic carbocycles. The van der Waals surface area contributed by atoms with Gasteiger partial charge < -0.3 is 30.6 Å². The highest BCUT2D eigenvalue weighted by atomic mass is 16.3. The molecule has 0 unspecified atom stereocenters. The minimum atomic E-state index is -1.21. The van der Waals surface area contributed by atoms with Crippen LogP contribution in [0.3, 0.4) is 0 Å². The van der Waals surface area contributed by atoms with Crippen LogP contribution >= 0.6 is 0 Å². The molecule has 0 spiro atoms. The third-order valence-corrected chi connectivity index (χ3v) is 7.06. The second-order valence-corrected chi connectivity index (χ2v) is 9.29. The topological polar surface area (TPSA) is 121 Å². The van der Waals surface area contributed by atoms with Gasteiger partial charge in [-0.2, -0.15) is 0 Å². The third-order valence-electron chi connectivity index (χ3n) is 7.06. The van der Waals surface area contributed by atoms with Gasteiger partial charge in [0.05, 0.1) is 5.56 Å². The number of phenols is 6. The summed E-state index contributed by atoms with van der Waals surface area (Å²) in [5.74, 6) is -0.444. The second-order valence-electron chi connectivity index (χ2n) is 9.29. The number of para-hydroxylation sites is 2. The van der Waals surface area contributed by atoms with Gasteiger partial charge in [-0.15, -0.1) is 0 Å². The molecule has 0 atom stereocenters. The molecular weight excluding hydrogens is 480 g/mol. The molecule has 0 bridgehead atoms. The van der Waals surface area contributed by atoms with Crippen LogP contribution in [0.15, 0.2) is 103 Å². The first-order valence-corrected chi connectivity index (χ1v) is 12.0. The van der Waals surface area contributed by atoms with E-state index in [2.05, 4.69) is 0 Å². The van der Waals surface area contributed by atoms with E-state index in [1.807, 2.05) is 6.92 Å². The Bertz CT molecular complexity index is 1540. The van der Waals surface area contributed by atoms with Crippen molar-refractivity contribution in [2.75, 3.05) is 0 Å². The molecule has 0 amide bonds. The van der Waals surface area contributed by atoms with Gasteiger partial charge in [0, 0.05) is 27.7 Å². The highest BCUT2D eigenvalue weighted by Gasteiger charge is 2.37. The van der Waals surface area contributed by atoms with E-state index in [0.717, 1.165) is 0 Å². The van der Waals surface area contributed by atoms with Crippen molar-refractivity contribution >= 4 is 0 Å². The molecule has 6 nitrogen and oxygen atoms in total. The van der Waals surface area contributed by atoms with Gasteiger partial charge in [-0.05, 0) is 66.6 Å². The first-order valence-electron chi connectivity index (χ1n) is 12.0.